The lowest BCUT2D eigenvalue weighted by molar-refractivity contribution is -0.138. The second kappa shape index (κ2) is 6.76. The maximum Gasteiger partial charge on any atom is 0.248 e. The van der Waals surface area contributed by atoms with Gasteiger partial charge in [-0.2, -0.15) is 0 Å². The number of ether oxygens (including phenoxy) is 1. The fraction of sp³-hybridized carbons (Fsp3) is 0.900. The first-order valence-electron chi connectivity index (χ1n) is 5.44. The molecule has 0 bridgehead atoms. The average Bonchev–Trinajstić information content (AvgIpc) is 2.29. The van der Waals surface area contributed by atoms with Gasteiger partial charge in [0, 0.05) is 26.2 Å². The van der Waals surface area contributed by atoms with Crippen molar-refractivity contribution in [3.8, 4) is 0 Å². The van der Waals surface area contributed by atoms with Crippen LogP contribution in [0.15, 0.2) is 0 Å². The van der Waals surface area contributed by atoms with Crippen LogP contribution in [0.3, 0.4) is 0 Å². The lowest BCUT2D eigenvalue weighted by Crippen LogP contribution is -2.42. The van der Waals surface area contributed by atoms with Crippen molar-refractivity contribution >= 4 is 5.91 Å². The summed E-state index contributed by atoms with van der Waals surface area (Å²) in [5.74, 6) is 0.235. The number of rotatable bonds is 5. The topological polar surface area (TPSA) is 75.8 Å². The minimum Gasteiger partial charge on any atom is -0.396 e. The third kappa shape index (κ3) is 4.15. The molecule has 5 heteroatoms. The van der Waals surface area contributed by atoms with Gasteiger partial charge in [0.1, 0.15) is 6.61 Å². The molecule has 15 heavy (non-hydrogen) atoms. The number of nitrogens with two attached hydrogens (primary N) is 1. The molecule has 0 radical (unpaired) electrons. The zero-order valence-corrected chi connectivity index (χ0v) is 9.02. The molecule has 1 fully saturated rings. The molecule has 0 aliphatic carbocycles. The molecular formula is C10H20N2O3. The number of amides is 1. The highest BCUT2D eigenvalue weighted by Gasteiger charge is 2.22. The summed E-state index contributed by atoms with van der Waals surface area (Å²) in [6.45, 7) is 2.56. The van der Waals surface area contributed by atoms with E-state index in [2.05, 4.69) is 0 Å². The molecule has 1 atom stereocenters. The number of hydrogen-bond donors (Lipinski definition) is 2. The molecule has 0 aromatic heterocycles. The van der Waals surface area contributed by atoms with Gasteiger partial charge in [-0.15, -0.1) is 0 Å². The fourth-order valence-corrected chi connectivity index (χ4v) is 1.77. The number of likely N-dealkylation sites (tertiary alicyclic amines) is 1. The van der Waals surface area contributed by atoms with E-state index < -0.39 is 0 Å². The van der Waals surface area contributed by atoms with Crippen molar-refractivity contribution in [1.82, 2.24) is 4.90 Å². The number of nitrogens with zero attached hydrogens (tertiary/aromatic N) is 1. The standard InChI is InChI=1S/C10H20N2O3/c11-3-5-15-8-10(14)12-4-1-2-9(6-12)7-13/h9,13H,1-8,11H2. The van der Waals surface area contributed by atoms with Crippen molar-refractivity contribution < 1.29 is 14.6 Å². The Balaban J connectivity index is 2.25. The molecule has 3 N–H and O–H groups in total. The summed E-state index contributed by atoms with van der Waals surface area (Å²) in [5, 5.41) is 9.02. The van der Waals surface area contributed by atoms with Crippen LogP contribution in [0, 0.1) is 5.92 Å². The maximum absolute atomic E-state index is 11.6. The summed E-state index contributed by atoms with van der Waals surface area (Å²) in [7, 11) is 0. The number of piperidine rings is 1. The van der Waals surface area contributed by atoms with E-state index in [4.69, 9.17) is 15.6 Å². The number of aliphatic hydroxyl groups is 1. The van der Waals surface area contributed by atoms with Crippen LogP contribution >= 0.6 is 0 Å². The van der Waals surface area contributed by atoms with Gasteiger partial charge >= 0.3 is 0 Å². The molecule has 0 aromatic carbocycles. The Labute approximate surface area is 90.2 Å². The van der Waals surface area contributed by atoms with E-state index in [9.17, 15) is 4.79 Å². The summed E-state index contributed by atoms with van der Waals surface area (Å²) in [6.07, 6.45) is 1.97. The Kier molecular flexibility index (Phi) is 5.60. The van der Waals surface area contributed by atoms with Gasteiger partial charge in [-0.05, 0) is 18.8 Å². The van der Waals surface area contributed by atoms with Crippen LogP contribution in [0.5, 0.6) is 0 Å². The van der Waals surface area contributed by atoms with E-state index >= 15 is 0 Å². The van der Waals surface area contributed by atoms with Gasteiger partial charge in [-0.25, -0.2) is 0 Å². The molecule has 1 aliphatic rings. The Morgan fingerprint density at radius 2 is 2.40 bits per heavy atom. The summed E-state index contributed by atoms with van der Waals surface area (Å²) in [4.78, 5) is 13.4. The lowest BCUT2D eigenvalue weighted by atomic mass is 9.99. The summed E-state index contributed by atoms with van der Waals surface area (Å²) in [5.41, 5.74) is 5.25. The highest BCUT2D eigenvalue weighted by atomic mass is 16.5. The van der Waals surface area contributed by atoms with Crippen molar-refractivity contribution in [2.75, 3.05) is 39.5 Å². The molecule has 1 aliphatic heterocycles. The molecular weight excluding hydrogens is 196 g/mol. The van der Waals surface area contributed by atoms with Crippen LogP contribution in [0.2, 0.25) is 0 Å². The Hall–Kier alpha value is -0.650. The highest BCUT2D eigenvalue weighted by molar-refractivity contribution is 5.77. The first-order valence-corrected chi connectivity index (χ1v) is 5.44. The second-order valence-electron chi connectivity index (χ2n) is 3.87. The highest BCUT2D eigenvalue weighted by Crippen LogP contribution is 2.15. The largest absolute Gasteiger partial charge is 0.396 e. The smallest absolute Gasteiger partial charge is 0.248 e. The van der Waals surface area contributed by atoms with E-state index in [1.807, 2.05) is 0 Å². The average molecular weight is 216 g/mol. The first kappa shape index (κ1) is 12.4. The molecule has 88 valence electrons. The lowest BCUT2D eigenvalue weighted by Gasteiger charge is -2.31. The van der Waals surface area contributed by atoms with E-state index in [1.54, 1.807) is 4.90 Å². The summed E-state index contributed by atoms with van der Waals surface area (Å²) in [6, 6.07) is 0. The van der Waals surface area contributed by atoms with E-state index in [1.165, 1.54) is 0 Å². The second-order valence-corrected chi connectivity index (χ2v) is 3.87. The van der Waals surface area contributed by atoms with E-state index in [-0.39, 0.29) is 25.0 Å². The maximum atomic E-state index is 11.6. The van der Waals surface area contributed by atoms with Crippen LogP contribution in [-0.2, 0) is 9.53 Å². The van der Waals surface area contributed by atoms with Crippen LogP contribution < -0.4 is 5.73 Å². The normalized spacial score (nSPS) is 21.7. The summed E-state index contributed by atoms with van der Waals surface area (Å²) >= 11 is 0. The predicted octanol–water partition coefficient (Wildman–Crippen LogP) is -0.807. The molecule has 1 amide bonds. The first-order chi connectivity index (χ1) is 7.27. The van der Waals surface area contributed by atoms with E-state index in [0.717, 1.165) is 19.4 Å². The van der Waals surface area contributed by atoms with Gasteiger partial charge < -0.3 is 20.5 Å². The minimum atomic E-state index is 0.00148. The van der Waals surface area contributed by atoms with Crippen LogP contribution in [-0.4, -0.2) is 55.4 Å². The third-order valence-electron chi connectivity index (χ3n) is 2.62. The van der Waals surface area contributed by atoms with Crippen molar-refractivity contribution in [3.63, 3.8) is 0 Å². The Morgan fingerprint density at radius 3 is 3.07 bits per heavy atom. The fourth-order valence-electron chi connectivity index (χ4n) is 1.77. The minimum absolute atomic E-state index is 0.00148. The molecule has 5 nitrogen and oxygen atoms in total. The monoisotopic (exact) mass is 216 g/mol. The number of carbonyl (C=O) groups excluding carboxylic acids is 1. The van der Waals surface area contributed by atoms with Crippen molar-refractivity contribution in [3.05, 3.63) is 0 Å². The van der Waals surface area contributed by atoms with E-state index in [0.29, 0.717) is 19.7 Å². The zero-order chi connectivity index (χ0) is 11.1. The van der Waals surface area contributed by atoms with Gasteiger partial charge in [-0.1, -0.05) is 0 Å². The summed E-state index contributed by atoms with van der Waals surface area (Å²) < 4.78 is 5.09. The van der Waals surface area contributed by atoms with Crippen LogP contribution in [0.1, 0.15) is 12.8 Å². The number of aliphatic hydroxyl groups excluding tert-OH is 1. The Morgan fingerprint density at radius 1 is 1.60 bits per heavy atom. The van der Waals surface area contributed by atoms with Gasteiger partial charge in [-0.3, -0.25) is 4.79 Å². The third-order valence-corrected chi connectivity index (χ3v) is 2.62. The molecule has 0 spiro atoms. The van der Waals surface area contributed by atoms with Crippen LogP contribution in [0.4, 0.5) is 0 Å². The van der Waals surface area contributed by atoms with Crippen LogP contribution in [0.25, 0.3) is 0 Å². The molecule has 1 unspecified atom stereocenters. The number of hydrogen-bond acceptors (Lipinski definition) is 4. The molecule has 1 heterocycles. The van der Waals surface area contributed by atoms with Crippen molar-refractivity contribution in [2.24, 2.45) is 11.7 Å². The molecule has 1 rings (SSSR count). The van der Waals surface area contributed by atoms with Gasteiger partial charge in [0.05, 0.1) is 6.61 Å². The Bertz CT molecular complexity index is 199. The predicted molar refractivity (Wildman–Crippen MR) is 56.3 cm³/mol. The molecule has 1 saturated heterocycles. The zero-order valence-electron chi connectivity index (χ0n) is 9.02. The quantitative estimate of drug-likeness (QED) is 0.589. The van der Waals surface area contributed by atoms with Crippen molar-refractivity contribution in [2.45, 2.75) is 12.8 Å². The van der Waals surface area contributed by atoms with Gasteiger partial charge in [0.15, 0.2) is 0 Å². The molecule has 0 saturated carbocycles. The van der Waals surface area contributed by atoms with Gasteiger partial charge in [0.2, 0.25) is 5.91 Å². The van der Waals surface area contributed by atoms with Gasteiger partial charge in [0.25, 0.3) is 0 Å². The molecule has 0 aromatic rings. The number of carbonyl (C=O) groups is 1. The van der Waals surface area contributed by atoms with Crippen molar-refractivity contribution in [1.29, 1.82) is 0 Å². The SMILES string of the molecule is NCCOCC(=O)N1CCCC(CO)C1.